The molecule has 4 aromatic rings. The molecule has 152 valence electrons. The molecule has 0 saturated carbocycles. The van der Waals surface area contributed by atoms with Gasteiger partial charge in [-0.25, -0.2) is 14.8 Å². The molecule has 4 rings (SSSR count). The van der Waals surface area contributed by atoms with Crippen molar-refractivity contribution in [2.75, 3.05) is 18.1 Å². The van der Waals surface area contributed by atoms with Gasteiger partial charge in [0, 0.05) is 35.4 Å². The van der Waals surface area contributed by atoms with Crippen LogP contribution in [0.1, 0.15) is 5.56 Å². The van der Waals surface area contributed by atoms with Crippen molar-refractivity contribution >= 4 is 34.6 Å². The second-order valence-electron chi connectivity index (χ2n) is 6.91. The number of rotatable bonds is 6. The zero-order valence-corrected chi connectivity index (χ0v) is 17.7. The van der Waals surface area contributed by atoms with Crippen molar-refractivity contribution in [1.82, 2.24) is 19.9 Å². The Bertz CT molecular complexity index is 1170. The van der Waals surface area contributed by atoms with E-state index in [9.17, 15) is 4.79 Å². The van der Waals surface area contributed by atoms with Crippen LogP contribution in [0.3, 0.4) is 0 Å². The van der Waals surface area contributed by atoms with Crippen LogP contribution in [0, 0.1) is 6.92 Å². The molecule has 7 heteroatoms. The third-order valence-corrected chi connectivity index (χ3v) is 5.49. The van der Waals surface area contributed by atoms with Gasteiger partial charge in [-0.15, -0.1) is 11.8 Å². The Hall–Kier alpha value is -3.32. The molecule has 0 saturated heterocycles. The third-order valence-electron chi connectivity index (χ3n) is 4.76. The highest BCUT2D eigenvalue weighted by atomic mass is 32.2. The van der Waals surface area contributed by atoms with Gasteiger partial charge in [0.15, 0.2) is 5.65 Å². The number of aromatic nitrogens is 3. The summed E-state index contributed by atoms with van der Waals surface area (Å²) in [7, 11) is 0. The summed E-state index contributed by atoms with van der Waals surface area (Å²) >= 11 is 1.64. The van der Waals surface area contributed by atoms with Gasteiger partial charge in [0.2, 0.25) is 0 Å². The minimum atomic E-state index is -0.234. The summed E-state index contributed by atoms with van der Waals surface area (Å²) in [6, 6.07) is 19.6. The van der Waals surface area contributed by atoms with Crippen molar-refractivity contribution in [3.05, 3.63) is 72.4 Å². The monoisotopic (exact) mass is 417 g/mol. The molecule has 2 aromatic carbocycles. The van der Waals surface area contributed by atoms with Gasteiger partial charge in [0.05, 0.1) is 0 Å². The summed E-state index contributed by atoms with van der Waals surface area (Å²) in [5, 5.41) is 5.81. The topological polar surface area (TPSA) is 71.8 Å². The van der Waals surface area contributed by atoms with E-state index in [0.717, 1.165) is 33.1 Å². The molecule has 2 amide bonds. The van der Waals surface area contributed by atoms with Crippen molar-refractivity contribution in [2.24, 2.45) is 0 Å². The average molecular weight is 418 g/mol. The number of benzene rings is 2. The number of hydrogen-bond acceptors (Lipinski definition) is 4. The minimum absolute atomic E-state index is 0.234. The predicted molar refractivity (Wildman–Crippen MR) is 123 cm³/mol. The fourth-order valence-corrected chi connectivity index (χ4v) is 3.71. The number of carbonyl (C=O) groups is 1. The molecule has 6 nitrogen and oxygen atoms in total. The van der Waals surface area contributed by atoms with Crippen molar-refractivity contribution in [2.45, 2.75) is 18.4 Å². The number of nitrogens with zero attached hydrogens (tertiary/aromatic N) is 3. The van der Waals surface area contributed by atoms with E-state index in [1.807, 2.05) is 42.7 Å². The van der Waals surface area contributed by atoms with E-state index in [0.29, 0.717) is 13.1 Å². The van der Waals surface area contributed by atoms with Crippen molar-refractivity contribution in [1.29, 1.82) is 0 Å². The molecule has 0 aliphatic rings. The number of aryl methyl sites for hydroxylation is 1. The predicted octanol–water partition coefficient (Wildman–Crippen LogP) is 4.95. The first-order valence-corrected chi connectivity index (χ1v) is 10.9. The highest BCUT2D eigenvalue weighted by Gasteiger charge is 2.13. The van der Waals surface area contributed by atoms with E-state index < -0.39 is 0 Å². The Morgan fingerprint density at radius 1 is 1.10 bits per heavy atom. The molecule has 0 fully saturated rings. The van der Waals surface area contributed by atoms with Crippen molar-refractivity contribution < 1.29 is 4.79 Å². The van der Waals surface area contributed by atoms with Gasteiger partial charge in [-0.1, -0.05) is 35.9 Å². The largest absolute Gasteiger partial charge is 0.336 e. The maximum Gasteiger partial charge on any atom is 0.319 e. The fraction of sp³-hybridized carbons (Fsp3) is 0.174. The highest BCUT2D eigenvalue weighted by Crippen LogP contribution is 2.24. The lowest BCUT2D eigenvalue weighted by atomic mass is 10.1. The van der Waals surface area contributed by atoms with Gasteiger partial charge >= 0.3 is 6.03 Å². The second kappa shape index (κ2) is 9.00. The molecule has 0 radical (unpaired) electrons. The average Bonchev–Trinajstić information content (AvgIpc) is 3.13. The smallest absolute Gasteiger partial charge is 0.319 e. The highest BCUT2D eigenvalue weighted by molar-refractivity contribution is 7.98. The molecular weight excluding hydrogens is 394 g/mol. The quantitative estimate of drug-likeness (QED) is 0.436. The number of hydrogen-bond donors (Lipinski definition) is 2. The summed E-state index contributed by atoms with van der Waals surface area (Å²) in [5.41, 5.74) is 4.64. The van der Waals surface area contributed by atoms with Crippen LogP contribution in [-0.4, -0.2) is 33.4 Å². The molecule has 0 aliphatic heterocycles. The fourth-order valence-electron chi connectivity index (χ4n) is 3.25. The number of fused-ring (bicyclic) bond motifs is 1. The number of pyridine rings is 1. The number of nitrogens with one attached hydrogen (secondary N) is 2. The standard InChI is InChI=1S/C23H23N5OS/c1-16-8-10-17(11-9-16)21-27-20-7-4-12-24-22(20)28(21)14-13-25-23(29)26-18-5-3-6-19(15-18)30-2/h3-12,15H,13-14H2,1-2H3,(H2,25,26,29). The molecular formula is C23H23N5OS. The van der Waals surface area contributed by atoms with Gasteiger partial charge in [-0.3, -0.25) is 0 Å². The van der Waals surface area contributed by atoms with Crippen LogP contribution in [0.2, 0.25) is 0 Å². The Kier molecular flexibility index (Phi) is 5.99. The number of imidazole rings is 1. The zero-order valence-electron chi connectivity index (χ0n) is 16.9. The van der Waals surface area contributed by atoms with Crippen LogP contribution in [0.25, 0.3) is 22.6 Å². The Balaban J connectivity index is 1.48. The summed E-state index contributed by atoms with van der Waals surface area (Å²) in [6.07, 6.45) is 3.77. The Labute approximate surface area is 179 Å². The summed E-state index contributed by atoms with van der Waals surface area (Å²) in [4.78, 5) is 22.7. The van der Waals surface area contributed by atoms with E-state index >= 15 is 0 Å². The number of anilines is 1. The van der Waals surface area contributed by atoms with Crippen molar-refractivity contribution in [3.63, 3.8) is 0 Å². The van der Waals surface area contributed by atoms with Crippen LogP contribution >= 0.6 is 11.8 Å². The van der Waals surface area contributed by atoms with Crippen LogP contribution < -0.4 is 10.6 Å². The lowest BCUT2D eigenvalue weighted by Gasteiger charge is -2.11. The van der Waals surface area contributed by atoms with Gasteiger partial charge in [0.1, 0.15) is 11.3 Å². The molecule has 0 aliphatic carbocycles. The first-order chi connectivity index (χ1) is 14.6. The SMILES string of the molecule is CSc1cccc(NC(=O)NCCn2c(-c3ccc(C)cc3)nc3cccnc32)c1. The second-order valence-corrected chi connectivity index (χ2v) is 7.79. The molecule has 2 aromatic heterocycles. The number of thioether (sulfide) groups is 1. The molecule has 0 atom stereocenters. The molecule has 2 heterocycles. The normalized spacial score (nSPS) is 10.9. The van der Waals surface area contributed by atoms with Gasteiger partial charge in [-0.2, -0.15) is 0 Å². The molecule has 2 N–H and O–H groups in total. The molecule has 30 heavy (non-hydrogen) atoms. The lowest BCUT2D eigenvalue weighted by Crippen LogP contribution is -2.31. The Morgan fingerprint density at radius 2 is 1.93 bits per heavy atom. The van der Waals surface area contributed by atoms with E-state index in [1.165, 1.54) is 5.56 Å². The summed E-state index contributed by atoms with van der Waals surface area (Å²) < 4.78 is 2.05. The van der Waals surface area contributed by atoms with Crippen LogP contribution in [0.15, 0.2) is 71.8 Å². The molecule has 0 spiro atoms. The van der Waals surface area contributed by atoms with E-state index in [2.05, 4.69) is 51.4 Å². The molecule has 0 bridgehead atoms. The zero-order chi connectivity index (χ0) is 20.9. The van der Waals surface area contributed by atoms with Crippen LogP contribution in [0.4, 0.5) is 10.5 Å². The first-order valence-electron chi connectivity index (χ1n) is 9.71. The van der Waals surface area contributed by atoms with Crippen LogP contribution in [0.5, 0.6) is 0 Å². The molecule has 0 unspecified atom stereocenters. The number of urea groups is 1. The summed E-state index contributed by atoms with van der Waals surface area (Å²) in [5.74, 6) is 0.846. The minimum Gasteiger partial charge on any atom is -0.336 e. The maximum atomic E-state index is 12.3. The van der Waals surface area contributed by atoms with Crippen LogP contribution in [-0.2, 0) is 6.54 Å². The first kappa shape index (κ1) is 20.0. The van der Waals surface area contributed by atoms with E-state index in [1.54, 1.807) is 18.0 Å². The van der Waals surface area contributed by atoms with Gasteiger partial charge in [0.25, 0.3) is 0 Å². The van der Waals surface area contributed by atoms with E-state index in [4.69, 9.17) is 4.98 Å². The summed E-state index contributed by atoms with van der Waals surface area (Å²) in [6.45, 7) is 3.08. The maximum absolute atomic E-state index is 12.3. The van der Waals surface area contributed by atoms with Gasteiger partial charge in [-0.05, 0) is 43.5 Å². The lowest BCUT2D eigenvalue weighted by molar-refractivity contribution is 0.251. The van der Waals surface area contributed by atoms with Gasteiger partial charge < -0.3 is 15.2 Å². The third kappa shape index (κ3) is 4.46. The number of amides is 2. The van der Waals surface area contributed by atoms with Crippen molar-refractivity contribution in [3.8, 4) is 11.4 Å². The Morgan fingerprint density at radius 3 is 2.73 bits per heavy atom. The van der Waals surface area contributed by atoms with E-state index in [-0.39, 0.29) is 6.03 Å². The number of carbonyl (C=O) groups excluding carboxylic acids is 1.